The lowest BCUT2D eigenvalue weighted by atomic mass is 9.80. The smallest absolute Gasteiger partial charge is 0.161 e. The molecule has 1 saturated carbocycles. The molecule has 102 valence electrons. The van der Waals surface area contributed by atoms with Gasteiger partial charge < -0.3 is 5.32 Å². The van der Waals surface area contributed by atoms with Gasteiger partial charge in [0.1, 0.15) is 6.07 Å². The van der Waals surface area contributed by atoms with E-state index in [1.54, 1.807) is 12.1 Å². The molecule has 2 unspecified atom stereocenters. The molecule has 0 aromatic heterocycles. The highest BCUT2D eigenvalue weighted by atomic mass is 79.9. The summed E-state index contributed by atoms with van der Waals surface area (Å²) in [4.78, 5) is 0. The van der Waals surface area contributed by atoms with Crippen LogP contribution in [0.1, 0.15) is 38.7 Å². The summed E-state index contributed by atoms with van der Waals surface area (Å²) in [5, 5.41) is 12.1. The van der Waals surface area contributed by atoms with Gasteiger partial charge in [-0.05, 0) is 59.2 Å². The first kappa shape index (κ1) is 14.3. The molecule has 0 amide bonds. The highest BCUT2D eigenvalue weighted by molar-refractivity contribution is 9.10. The van der Waals surface area contributed by atoms with Crippen LogP contribution in [0.15, 0.2) is 16.6 Å². The number of halogens is 2. The minimum Gasteiger partial charge on any atom is -0.380 e. The number of benzene rings is 1. The van der Waals surface area contributed by atoms with Crippen molar-refractivity contribution in [2.24, 2.45) is 11.8 Å². The zero-order valence-electron chi connectivity index (χ0n) is 11.2. The molecule has 0 bridgehead atoms. The van der Waals surface area contributed by atoms with Crippen molar-refractivity contribution in [2.45, 2.75) is 39.2 Å². The Balaban J connectivity index is 2.16. The van der Waals surface area contributed by atoms with E-state index < -0.39 is 0 Å². The highest BCUT2D eigenvalue weighted by Crippen LogP contribution is 2.32. The van der Waals surface area contributed by atoms with Gasteiger partial charge in [-0.2, -0.15) is 5.26 Å². The minimum atomic E-state index is -0.370. The van der Waals surface area contributed by atoms with Crippen molar-refractivity contribution in [3.05, 3.63) is 28.0 Å². The molecule has 4 heteroatoms. The van der Waals surface area contributed by atoms with Crippen LogP contribution in [0.3, 0.4) is 0 Å². The van der Waals surface area contributed by atoms with Gasteiger partial charge in [-0.3, -0.25) is 0 Å². The van der Waals surface area contributed by atoms with Gasteiger partial charge in [0.05, 0.1) is 15.7 Å². The van der Waals surface area contributed by atoms with Crippen LogP contribution in [0.25, 0.3) is 0 Å². The Kier molecular flexibility index (Phi) is 4.46. The Morgan fingerprint density at radius 2 is 1.89 bits per heavy atom. The van der Waals surface area contributed by atoms with Crippen LogP contribution in [-0.2, 0) is 0 Å². The number of hydrogen-bond donors (Lipinski definition) is 1. The van der Waals surface area contributed by atoms with Crippen molar-refractivity contribution >= 4 is 21.6 Å². The molecule has 1 fully saturated rings. The molecule has 1 aliphatic carbocycles. The van der Waals surface area contributed by atoms with Gasteiger partial charge in [-0.25, -0.2) is 4.39 Å². The molecule has 1 aromatic carbocycles. The summed E-state index contributed by atoms with van der Waals surface area (Å²) in [6.45, 7) is 4.49. The Bertz CT molecular complexity index is 500. The molecule has 1 aliphatic rings. The van der Waals surface area contributed by atoms with Crippen LogP contribution in [0.2, 0.25) is 0 Å². The quantitative estimate of drug-likeness (QED) is 0.856. The van der Waals surface area contributed by atoms with Crippen molar-refractivity contribution < 1.29 is 4.39 Å². The predicted molar refractivity (Wildman–Crippen MR) is 78.4 cm³/mol. The highest BCUT2D eigenvalue weighted by Gasteiger charge is 2.24. The van der Waals surface area contributed by atoms with E-state index in [1.807, 2.05) is 6.07 Å². The third kappa shape index (κ3) is 3.27. The number of nitrogens with zero attached hydrogens (tertiary/aromatic N) is 1. The lowest BCUT2D eigenvalue weighted by Gasteiger charge is -2.32. The minimum absolute atomic E-state index is 0.247. The fourth-order valence-electron chi connectivity index (χ4n) is 3.03. The third-order valence-electron chi connectivity index (χ3n) is 3.74. The van der Waals surface area contributed by atoms with Crippen LogP contribution in [0.5, 0.6) is 0 Å². The molecular weight excluding hydrogens is 307 g/mol. The summed E-state index contributed by atoms with van der Waals surface area (Å²) in [5.74, 6) is 0.974. The molecule has 0 heterocycles. The van der Waals surface area contributed by atoms with E-state index in [1.165, 1.54) is 6.42 Å². The van der Waals surface area contributed by atoms with Gasteiger partial charge in [0.2, 0.25) is 0 Å². The lowest BCUT2D eigenvalue weighted by molar-refractivity contribution is 0.280. The van der Waals surface area contributed by atoms with E-state index in [0.717, 1.165) is 12.8 Å². The number of nitrogens with one attached hydrogen (secondary N) is 1. The molecule has 0 saturated heterocycles. The summed E-state index contributed by atoms with van der Waals surface area (Å²) in [6, 6.07) is 5.58. The normalized spacial score (nSPS) is 26.8. The molecular formula is C15H18BrFN2. The lowest BCUT2D eigenvalue weighted by Crippen LogP contribution is -2.30. The Hall–Kier alpha value is -1.08. The second kappa shape index (κ2) is 5.92. The van der Waals surface area contributed by atoms with Gasteiger partial charge in [0.15, 0.2) is 5.82 Å². The van der Waals surface area contributed by atoms with E-state index in [-0.39, 0.29) is 10.3 Å². The van der Waals surface area contributed by atoms with Crippen molar-refractivity contribution in [3.63, 3.8) is 0 Å². The largest absolute Gasteiger partial charge is 0.380 e. The Morgan fingerprint density at radius 1 is 1.26 bits per heavy atom. The van der Waals surface area contributed by atoms with E-state index in [9.17, 15) is 4.39 Å². The van der Waals surface area contributed by atoms with Gasteiger partial charge in [-0.1, -0.05) is 13.8 Å². The number of hydrogen-bond acceptors (Lipinski definition) is 2. The first-order valence-electron chi connectivity index (χ1n) is 6.66. The zero-order valence-corrected chi connectivity index (χ0v) is 12.8. The summed E-state index contributed by atoms with van der Waals surface area (Å²) in [6.07, 6.45) is 3.39. The van der Waals surface area contributed by atoms with E-state index in [0.29, 0.717) is 29.1 Å². The zero-order chi connectivity index (χ0) is 14.0. The van der Waals surface area contributed by atoms with Crippen LogP contribution in [-0.4, -0.2) is 6.04 Å². The topological polar surface area (TPSA) is 35.8 Å². The molecule has 1 N–H and O–H groups in total. The summed E-state index contributed by atoms with van der Waals surface area (Å²) < 4.78 is 14.4. The fourth-order valence-corrected chi connectivity index (χ4v) is 3.47. The predicted octanol–water partition coefficient (Wildman–Crippen LogP) is 4.70. The molecule has 19 heavy (non-hydrogen) atoms. The Labute approximate surface area is 122 Å². The summed E-state index contributed by atoms with van der Waals surface area (Å²) in [7, 11) is 0. The average molecular weight is 325 g/mol. The Morgan fingerprint density at radius 3 is 2.47 bits per heavy atom. The first-order valence-corrected chi connectivity index (χ1v) is 7.45. The fraction of sp³-hybridized carbons (Fsp3) is 0.533. The van der Waals surface area contributed by atoms with E-state index >= 15 is 0 Å². The van der Waals surface area contributed by atoms with Gasteiger partial charge in [-0.15, -0.1) is 0 Å². The van der Waals surface area contributed by atoms with Gasteiger partial charge >= 0.3 is 0 Å². The maximum atomic E-state index is 14.1. The molecule has 2 atom stereocenters. The van der Waals surface area contributed by atoms with Crippen molar-refractivity contribution in [1.82, 2.24) is 0 Å². The van der Waals surface area contributed by atoms with Gasteiger partial charge in [0.25, 0.3) is 0 Å². The molecule has 2 nitrogen and oxygen atoms in total. The van der Waals surface area contributed by atoms with Gasteiger partial charge in [0, 0.05) is 6.04 Å². The summed E-state index contributed by atoms with van der Waals surface area (Å²) >= 11 is 3.14. The number of rotatable bonds is 2. The maximum absolute atomic E-state index is 14.1. The van der Waals surface area contributed by atoms with E-state index in [4.69, 9.17) is 5.26 Å². The standard InChI is InChI=1S/C15H18BrFN2/c1-9-5-10(2)7-12(6-9)19-13-4-3-11(8-18)14(16)15(13)17/h3-4,9-10,12,19H,5-7H2,1-2H3. The molecule has 0 aliphatic heterocycles. The third-order valence-corrected chi connectivity index (χ3v) is 4.52. The summed E-state index contributed by atoms with van der Waals surface area (Å²) in [5.41, 5.74) is 0.811. The van der Waals surface area contributed by atoms with Crippen LogP contribution >= 0.6 is 15.9 Å². The maximum Gasteiger partial charge on any atom is 0.161 e. The first-order chi connectivity index (χ1) is 9.01. The van der Waals surface area contributed by atoms with Crippen molar-refractivity contribution in [2.75, 3.05) is 5.32 Å². The molecule has 0 radical (unpaired) electrons. The van der Waals surface area contributed by atoms with Crippen molar-refractivity contribution in [3.8, 4) is 6.07 Å². The molecule has 0 spiro atoms. The van der Waals surface area contributed by atoms with Crippen LogP contribution < -0.4 is 5.32 Å². The van der Waals surface area contributed by atoms with E-state index in [2.05, 4.69) is 35.1 Å². The monoisotopic (exact) mass is 324 g/mol. The number of anilines is 1. The van der Waals surface area contributed by atoms with Crippen LogP contribution in [0.4, 0.5) is 10.1 Å². The average Bonchev–Trinajstić information content (AvgIpc) is 2.34. The SMILES string of the molecule is CC1CC(C)CC(Nc2ccc(C#N)c(Br)c2F)C1. The number of nitriles is 1. The second-order valence-corrected chi connectivity index (χ2v) is 6.45. The van der Waals surface area contributed by atoms with Crippen LogP contribution in [0, 0.1) is 29.0 Å². The van der Waals surface area contributed by atoms with Crippen molar-refractivity contribution in [1.29, 1.82) is 5.26 Å². The molecule has 2 rings (SSSR count). The second-order valence-electron chi connectivity index (χ2n) is 5.66. The molecule has 1 aromatic rings.